The standard InChI is InChI=1S/C11H21N3O3S/c1-5-9(8-12)18(16,17)13-7-6-10(15)14-11(2,3)4/h9,13H,5-7H2,1-4H3,(H,14,15). The van der Waals surface area contributed by atoms with Crippen molar-refractivity contribution < 1.29 is 13.2 Å². The summed E-state index contributed by atoms with van der Waals surface area (Å²) < 4.78 is 25.5. The number of carbonyl (C=O) groups is 1. The van der Waals surface area contributed by atoms with Gasteiger partial charge in [0.15, 0.2) is 5.25 Å². The molecule has 0 aliphatic heterocycles. The van der Waals surface area contributed by atoms with Crippen LogP contribution in [0.3, 0.4) is 0 Å². The molecule has 2 N–H and O–H groups in total. The topological polar surface area (TPSA) is 99.1 Å². The van der Waals surface area contributed by atoms with E-state index in [-0.39, 0.29) is 30.8 Å². The van der Waals surface area contributed by atoms with Gasteiger partial charge in [0.2, 0.25) is 15.9 Å². The third-order valence-electron chi connectivity index (χ3n) is 2.06. The minimum absolute atomic E-state index is 0.00241. The van der Waals surface area contributed by atoms with Crippen LogP contribution in [0.4, 0.5) is 0 Å². The van der Waals surface area contributed by atoms with Crippen LogP contribution in [0.25, 0.3) is 0 Å². The third-order valence-corrected chi connectivity index (χ3v) is 3.85. The smallest absolute Gasteiger partial charge is 0.227 e. The number of nitrogens with zero attached hydrogens (tertiary/aromatic N) is 1. The zero-order valence-corrected chi connectivity index (χ0v) is 12.1. The molecule has 0 aromatic rings. The van der Waals surface area contributed by atoms with Crippen LogP contribution in [-0.2, 0) is 14.8 Å². The maximum Gasteiger partial charge on any atom is 0.227 e. The summed E-state index contributed by atoms with van der Waals surface area (Å²) in [6.45, 7) is 7.16. The fourth-order valence-electron chi connectivity index (χ4n) is 1.27. The Bertz CT molecular complexity index is 418. The molecule has 1 unspecified atom stereocenters. The van der Waals surface area contributed by atoms with Gasteiger partial charge in [-0.2, -0.15) is 5.26 Å². The molecular weight excluding hydrogens is 254 g/mol. The van der Waals surface area contributed by atoms with Crippen molar-refractivity contribution in [2.45, 2.75) is 51.3 Å². The molecule has 18 heavy (non-hydrogen) atoms. The summed E-state index contributed by atoms with van der Waals surface area (Å²) in [5.41, 5.74) is -0.339. The second kappa shape index (κ2) is 6.71. The van der Waals surface area contributed by atoms with E-state index in [4.69, 9.17) is 5.26 Å². The summed E-state index contributed by atoms with van der Waals surface area (Å²) in [7, 11) is -3.65. The highest BCUT2D eigenvalue weighted by Crippen LogP contribution is 2.03. The van der Waals surface area contributed by atoms with Crippen LogP contribution >= 0.6 is 0 Å². The molecule has 0 rings (SSSR count). The number of sulfonamides is 1. The minimum Gasteiger partial charge on any atom is -0.351 e. The van der Waals surface area contributed by atoms with Crippen LogP contribution < -0.4 is 10.0 Å². The summed E-state index contributed by atoms with van der Waals surface area (Å²) in [6.07, 6.45) is 0.276. The number of nitrogens with one attached hydrogen (secondary N) is 2. The molecule has 0 saturated carbocycles. The van der Waals surface area contributed by atoms with Crippen molar-refractivity contribution in [2.75, 3.05) is 6.54 Å². The molecule has 0 fully saturated rings. The van der Waals surface area contributed by atoms with Crippen LogP contribution in [-0.4, -0.2) is 31.7 Å². The maximum atomic E-state index is 11.6. The van der Waals surface area contributed by atoms with Gasteiger partial charge < -0.3 is 5.32 Å². The fourth-order valence-corrected chi connectivity index (χ4v) is 2.43. The van der Waals surface area contributed by atoms with Crippen LogP contribution in [0.2, 0.25) is 0 Å². The predicted octanol–water partition coefficient (Wildman–Crippen LogP) is 0.513. The average molecular weight is 275 g/mol. The number of amides is 1. The van der Waals surface area contributed by atoms with Gasteiger partial charge in [0.1, 0.15) is 0 Å². The molecule has 7 heteroatoms. The Hall–Kier alpha value is -1.13. The Kier molecular flexibility index (Phi) is 6.29. The Labute approximate surface area is 109 Å². The van der Waals surface area contributed by atoms with E-state index in [9.17, 15) is 13.2 Å². The van der Waals surface area contributed by atoms with Gasteiger partial charge in [-0.3, -0.25) is 4.79 Å². The van der Waals surface area contributed by atoms with Crippen molar-refractivity contribution in [1.29, 1.82) is 5.26 Å². The molecule has 104 valence electrons. The second-order valence-electron chi connectivity index (χ2n) is 5.01. The molecule has 0 heterocycles. The first-order chi connectivity index (χ1) is 8.12. The minimum atomic E-state index is -3.65. The summed E-state index contributed by atoms with van der Waals surface area (Å²) in [4.78, 5) is 11.4. The highest BCUT2D eigenvalue weighted by Gasteiger charge is 2.23. The largest absolute Gasteiger partial charge is 0.351 e. The molecule has 0 spiro atoms. The van der Waals surface area contributed by atoms with Crippen molar-refractivity contribution in [3.05, 3.63) is 0 Å². The molecule has 0 radical (unpaired) electrons. The molecule has 0 aromatic carbocycles. The summed E-state index contributed by atoms with van der Waals surface area (Å²) in [5, 5.41) is 10.3. The normalized spacial score (nSPS) is 13.7. The van der Waals surface area contributed by atoms with E-state index in [1.165, 1.54) is 0 Å². The van der Waals surface area contributed by atoms with Gasteiger partial charge in [-0.05, 0) is 27.2 Å². The van der Waals surface area contributed by atoms with Gasteiger partial charge in [-0.25, -0.2) is 13.1 Å². The van der Waals surface area contributed by atoms with Gasteiger partial charge in [0.05, 0.1) is 6.07 Å². The average Bonchev–Trinajstić information content (AvgIpc) is 2.15. The van der Waals surface area contributed by atoms with E-state index < -0.39 is 15.3 Å². The maximum absolute atomic E-state index is 11.6. The quantitative estimate of drug-likeness (QED) is 0.738. The van der Waals surface area contributed by atoms with E-state index >= 15 is 0 Å². The SMILES string of the molecule is CCC(C#N)S(=O)(=O)NCCC(=O)NC(C)(C)C. The van der Waals surface area contributed by atoms with E-state index in [1.807, 2.05) is 20.8 Å². The number of hydrogen-bond donors (Lipinski definition) is 2. The number of carbonyl (C=O) groups excluding carboxylic acids is 1. The first kappa shape index (κ1) is 16.9. The Morgan fingerprint density at radius 3 is 2.33 bits per heavy atom. The second-order valence-corrected chi connectivity index (χ2v) is 6.96. The van der Waals surface area contributed by atoms with E-state index in [0.29, 0.717) is 0 Å². The lowest BCUT2D eigenvalue weighted by Crippen LogP contribution is -2.42. The summed E-state index contributed by atoms with van der Waals surface area (Å²) in [6, 6.07) is 1.72. The van der Waals surface area contributed by atoms with Crippen molar-refractivity contribution in [3.8, 4) is 6.07 Å². The molecule has 0 aromatic heterocycles. The molecule has 1 atom stereocenters. The van der Waals surface area contributed by atoms with E-state index in [2.05, 4.69) is 10.0 Å². The molecule has 1 amide bonds. The molecule has 0 aliphatic rings. The summed E-state index contributed by atoms with van der Waals surface area (Å²) in [5.74, 6) is -0.227. The molecule has 0 bridgehead atoms. The first-order valence-corrected chi connectivity index (χ1v) is 7.36. The van der Waals surface area contributed by atoms with Crippen molar-refractivity contribution in [3.63, 3.8) is 0 Å². The van der Waals surface area contributed by atoms with Gasteiger partial charge >= 0.3 is 0 Å². The lowest BCUT2D eigenvalue weighted by atomic mass is 10.1. The molecular formula is C11H21N3O3S. The Morgan fingerprint density at radius 2 is 1.94 bits per heavy atom. The van der Waals surface area contributed by atoms with E-state index in [0.717, 1.165) is 0 Å². The van der Waals surface area contributed by atoms with Crippen molar-refractivity contribution >= 4 is 15.9 Å². The van der Waals surface area contributed by atoms with Crippen molar-refractivity contribution in [2.24, 2.45) is 0 Å². The highest BCUT2D eigenvalue weighted by molar-refractivity contribution is 7.90. The fraction of sp³-hybridized carbons (Fsp3) is 0.818. The molecule has 6 nitrogen and oxygen atoms in total. The van der Waals surface area contributed by atoms with Crippen LogP contribution in [0, 0.1) is 11.3 Å². The zero-order chi connectivity index (χ0) is 14.4. The van der Waals surface area contributed by atoms with Crippen LogP contribution in [0.5, 0.6) is 0 Å². The zero-order valence-electron chi connectivity index (χ0n) is 11.3. The van der Waals surface area contributed by atoms with Crippen LogP contribution in [0.1, 0.15) is 40.5 Å². The lowest BCUT2D eigenvalue weighted by Gasteiger charge is -2.20. The van der Waals surface area contributed by atoms with Gasteiger partial charge in [-0.15, -0.1) is 0 Å². The summed E-state index contributed by atoms with van der Waals surface area (Å²) >= 11 is 0. The molecule has 0 saturated heterocycles. The Balaban J connectivity index is 4.21. The Morgan fingerprint density at radius 1 is 1.39 bits per heavy atom. The highest BCUT2D eigenvalue weighted by atomic mass is 32.2. The lowest BCUT2D eigenvalue weighted by molar-refractivity contribution is -0.122. The van der Waals surface area contributed by atoms with Gasteiger partial charge in [0.25, 0.3) is 0 Å². The van der Waals surface area contributed by atoms with Crippen molar-refractivity contribution in [1.82, 2.24) is 10.0 Å². The van der Waals surface area contributed by atoms with Crippen LogP contribution in [0.15, 0.2) is 0 Å². The third kappa shape index (κ3) is 6.57. The van der Waals surface area contributed by atoms with Gasteiger partial charge in [0, 0.05) is 18.5 Å². The molecule has 0 aliphatic carbocycles. The number of nitriles is 1. The van der Waals surface area contributed by atoms with E-state index in [1.54, 1.807) is 13.0 Å². The number of hydrogen-bond acceptors (Lipinski definition) is 4. The predicted molar refractivity (Wildman–Crippen MR) is 69.1 cm³/mol. The first-order valence-electron chi connectivity index (χ1n) is 5.81. The number of rotatable bonds is 6. The monoisotopic (exact) mass is 275 g/mol. The van der Waals surface area contributed by atoms with Gasteiger partial charge in [-0.1, -0.05) is 6.92 Å².